The maximum absolute atomic E-state index is 12.9. The van der Waals surface area contributed by atoms with Gasteiger partial charge >= 0.3 is 0 Å². The number of aryl methyl sites for hydroxylation is 1. The summed E-state index contributed by atoms with van der Waals surface area (Å²) in [5, 5.41) is 34.2. The highest BCUT2D eigenvalue weighted by molar-refractivity contribution is 7.98. The van der Waals surface area contributed by atoms with Crippen LogP contribution in [0.15, 0.2) is 71.9 Å². The van der Waals surface area contributed by atoms with Gasteiger partial charge in [0.15, 0.2) is 11.0 Å². The highest BCUT2D eigenvalue weighted by Gasteiger charge is 2.23. The zero-order valence-electron chi connectivity index (χ0n) is 20.2. The van der Waals surface area contributed by atoms with Gasteiger partial charge in [-0.3, -0.25) is 29.6 Å². The first-order valence-electron chi connectivity index (χ1n) is 11.3. The van der Waals surface area contributed by atoms with Crippen molar-refractivity contribution in [3.63, 3.8) is 0 Å². The molecule has 0 saturated heterocycles. The Morgan fingerprint density at radius 1 is 1.05 bits per heavy atom. The van der Waals surface area contributed by atoms with Crippen molar-refractivity contribution in [1.29, 1.82) is 0 Å². The van der Waals surface area contributed by atoms with Gasteiger partial charge in [0, 0.05) is 35.2 Å². The molecule has 0 aliphatic heterocycles. The topological polar surface area (TPSA) is 146 Å². The summed E-state index contributed by atoms with van der Waals surface area (Å²) in [5.41, 5.74) is 2.43. The van der Waals surface area contributed by atoms with Crippen molar-refractivity contribution in [2.75, 3.05) is 0 Å². The number of thioether (sulfide) groups is 1. The van der Waals surface area contributed by atoms with Crippen molar-refractivity contribution in [3.8, 4) is 5.69 Å². The van der Waals surface area contributed by atoms with Gasteiger partial charge in [0.1, 0.15) is 5.02 Å². The summed E-state index contributed by atoms with van der Waals surface area (Å²) in [6, 6.07) is 17.0. The Morgan fingerprint density at radius 3 is 2.42 bits per heavy atom. The Hall–Kier alpha value is -4.29. The smallest absolute Gasteiger partial charge is 0.288 e. The minimum atomic E-state index is -0.673. The summed E-state index contributed by atoms with van der Waals surface area (Å²) < 4.78 is 1.72. The number of hydrogen-bond donors (Lipinski definition) is 1. The van der Waals surface area contributed by atoms with Crippen LogP contribution in [0.2, 0.25) is 5.02 Å². The largest absolute Gasteiger partial charge is 0.342 e. The van der Waals surface area contributed by atoms with Crippen LogP contribution in [0.25, 0.3) is 5.69 Å². The van der Waals surface area contributed by atoms with Crippen molar-refractivity contribution in [3.05, 3.63) is 114 Å². The maximum atomic E-state index is 12.9. The summed E-state index contributed by atoms with van der Waals surface area (Å²) in [7, 11) is 0. The van der Waals surface area contributed by atoms with Crippen LogP contribution >= 0.6 is 23.4 Å². The summed E-state index contributed by atoms with van der Waals surface area (Å²) in [6.07, 6.45) is 0. The third kappa shape index (κ3) is 5.82. The number of nitrogens with one attached hydrogen (secondary N) is 1. The Morgan fingerprint density at radius 2 is 1.76 bits per heavy atom. The van der Waals surface area contributed by atoms with Gasteiger partial charge in [-0.1, -0.05) is 47.6 Å². The molecule has 11 nitrogen and oxygen atoms in total. The second-order valence-electron chi connectivity index (χ2n) is 8.28. The Balaban J connectivity index is 1.66. The minimum Gasteiger partial charge on any atom is -0.342 e. The fourth-order valence-electron chi connectivity index (χ4n) is 3.67. The van der Waals surface area contributed by atoms with Gasteiger partial charge in [0.05, 0.1) is 15.9 Å². The van der Waals surface area contributed by atoms with Gasteiger partial charge in [-0.25, -0.2) is 0 Å². The molecule has 0 saturated carbocycles. The number of nitro groups is 2. The van der Waals surface area contributed by atoms with Crippen molar-refractivity contribution < 1.29 is 14.6 Å². The molecule has 4 aromatic rings. The first-order chi connectivity index (χ1) is 18.2. The molecule has 13 heteroatoms. The Bertz CT molecular complexity index is 1530. The maximum Gasteiger partial charge on any atom is 0.288 e. The Kier molecular flexibility index (Phi) is 8.03. The lowest BCUT2D eigenvalue weighted by molar-refractivity contribution is -0.385. The van der Waals surface area contributed by atoms with E-state index in [9.17, 15) is 25.0 Å². The van der Waals surface area contributed by atoms with Crippen LogP contribution in [0.4, 0.5) is 11.4 Å². The molecule has 1 atom stereocenters. The number of benzene rings is 3. The lowest BCUT2D eigenvalue weighted by Crippen LogP contribution is -2.28. The number of carbonyl (C=O) groups excluding carboxylic acids is 1. The molecule has 0 spiro atoms. The van der Waals surface area contributed by atoms with E-state index >= 15 is 0 Å². The average Bonchev–Trinajstić information content (AvgIpc) is 3.32. The molecule has 38 heavy (non-hydrogen) atoms. The lowest BCUT2D eigenvalue weighted by atomic mass is 10.1. The molecular weight excluding hydrogens is 532 g/mol. The van der Waals surface area contributed by atoms with Crippen LogP contribution in [-0.2, 0) is 5.75 Å². The molecule has 0 aliphatic carbocycles. The molecule has 0 aliphatic rings. The number of rotatable bonds is 9. The van der Waals surface area contributed by atoms with Crippen molar-refractivity contribution in [1.82, 2.24) is 20.1 Å². The molecule has 194 valence electrons. The van der Waals surface area contributed by atoms with Crippen LogP contribution in [0.5, 0.6) is 0 Å². The van der Waals surface area contributed by atoms with Crippen LogP contribution in [0.3, 0.4) is 0 Å². The lowest BCUT2D eigenvalue weighted by Gasteiger charge is -2.16. The van der Waals surface area contributed by atoms with E-state index in [1.165, 1.54) is 36.0 Å². The highest BCUT2D eigenvalue weighted by Crippen LogP contribution is 2.30. The summed E-state index contributed by atoms with van der Waals surface area (Å²) >= 11 is 7.30. The molecule has 1 unspecified atom stereocenters. The van der Waals surface area contributed by atoms with Crippen LogP contribution < -0.4 is 5.32 Å². The summed E-state index contributed by atoms with van der Waals surface area (Å²) in [4.78, 5) is 34.1. The quantitative estimate of drug-likeness (QED) is 0.155. The molecule has 0 bridgehead atoms. The van der Waals surface area contributed by atoms with Gasteiger partial charge < -0.3 is 5.32 Å². The van der Waals surface area contributed by atoms with Gasteiger partial charge in [-0.2, -0.15) is 0 Å². The SMILES string of the molecule is Cc1ccccc1CSc1nnc(C(C)NC(=O)c2ccc(Cl)c([N+](=O)[O-])c2)n1-c1ccc([N+](=O)[O-])cc1. The van der Waals surface area contributed by atoms with Crippen molar-refractivity contribution in [2.24, 2.45) is 0 Å². The van der Waals surface area contributed by atoms with Gasteiger partial charge in [-0.15, -0.1) is 10.2 Å². The van der Waals surface area contributed by atoms with E-state index in [1.54, 1.807) is 23.6 Å². The molecule has 1 amide bonds. The molecule has 0 fully saturated rings. The standard InChI is InChI=1S/C25H21ClN6O5S/c1-15-5-3-4-6-18(15)14-38-25-29-28-23(30(25)19-8-10-20(11-9-19)31(34)35)16(2)27-24(33)17-7-12-21(26)22(13-17)32(36)37/h3-13,16H,14H2,1-2H3,(H,27,33). The molecule has 3 aromatic carbocycles. The summed E-state index contributed by atoms with van der Waals surface area (Å²) in [6.45, 7) is 3.71. The second-order valence-corrected chi connectivity index (χ2v) is 9.63. The fraction of sp³-hybridized carbons (Fsp3) is 0.160. The fourth-order valence-corrected chi connectivity index (χ4v) is 4.90. The van der Waals surface area contributed by atoms with Crippen LogP contribution in [-0.4, -0.2) is 30.5 Å². The number of carbonyl (C=O) groups is 1. The van der Waals surface area contributed by atoms with E-state index in [0.29, 0.717) is 22.4 Å². The third-order valence-corrected chi connectivity index (χ3v) is 7.03. The van der Waals surface area contributed by atoms with Crippen molar-refractivity contribution >= 4 is 40.6 Å². The van der Waals surface area contributed by atoms with E-state index in [0.717, 1.165) is 17.2 Å². The number of nitro benzene ring substituents is 2. The number of halogens is 1. The van der Waals surface area contributed by atoms with Gasteiger partial charge in [-0.05, 0) is 49.2 Å². The molecule has 1 N–H and O–H groups in total. The summed E-state index contributed by atoms with van der Waals surface area (Å²) in [5.74, 6) is 0.417. The van der Waals surface area contributed by atoms with E-state index in [4.69, 9.17) is 11.6 Å². The monoisotopic (exact) mass is 552 g/mol. The first kappa shape index (κ1) is 26.8. The molecule has 1 heterocycles. The third-order valence-electron chi connectivity index (χ3n) is 5.74. The van der Waals surface area contributed by atoms with Gasteiger partial charge in [0.25, 0.3) is 17.3 Å². The van der Waals surface area contributed by atoms with E-state index < -0.39 is 21.8 Å². The van der Waals surface area contributed by atoms with E-state index in [2.05, 4.69) is 15.5 Å². The first-order valence-corrected chi connectivity index (χ1v) is 12.6. The highest BCUT2D eigenvalue weighted by atomic mass is 35.5. The molecule has 1 aromatic heterocycles. The number of amides is 1. The molecule has 4 rings (SSSR count). The number of non-ortho nitro benzene ring substituents is 1. The van der Waals surface area contributed by atoms with Crippen LogP contribution in [0, 0.1) is 27.2 Å². The number of hydrogen-bond acceptors (Lipinski definition) is 8. The predicted molar refractivity (Wildman–Crippen MR) is 143 cm³/mol. The zero-order chi connectivity index (χ0) is 27.4. The minimum absolute atomic E-state index is 0.0588. The van der Waals surface area contributed by atoms with Crippen molar-refractivity contribution in [2.45, 2.75) is 30.8 Å². The second kappa shape index (κ2) is 11.4. The zero-order valence-corrected chi connectivity index (χ0v) is 21.8. The normalized spacial score (nSPS) is 11.7. The predicted octanol–water partition coefficient (Wildman–Crippen LogP) is 5.83. The molecule has 0 radical (unpaired) electrons. The van der Waals surface area contributed by atoms with E-state index in [-0.39, 0.29) is 22.0 Å². The Labute approximate surface area is 226 Å². The number of aromatic nitrogens is 3. The van der Waals surface area contributed by atoms with Crippen LogP contribution in [0.1, 0.15) is 40.3 Å². The molecular formula is C25H21ClN6O5S. The average molecular weight is 553 g/mol. The van der Waals surface area contributed by atoms with E-state index in [1.807, 2.05) is 31.2 Å². The number of nitrogens with zero attached hydrogens (tertiary/aromatic N) is 5. The van der Waals surface area contributed by atoms with Gasteiger partial charge in [0.2, 0.25) is 0 Å².